The topological polar surface area (TPSA) is 53.2 Å². The molecule has 0 amide bonds. The number of nitrogens with zero attached hydrogens (tertiary/aromatic N) is 1. The summed E-state index contributed by atoms with van der Waals surface area (Å²) in [5.41, 5.74) is 0.943. The van der Waals surface area contributed by atoms with E-state index in [1.807, 2.05) is 48.5 Å². The summed E-state index contributed by atoms with van der Waals surface area (Å²) >= 11 is 0. The van der Waals surface area contributed by atoms with Gasteiger partial charge in [-0.2, -0.15) is 5.26 Å². The highest BCUT2D eigenvalue weighted by Gasteiger charge is 2.38. The van der Waals surface area contributed by atoms with E-state index in [0.717, 1.165) is 27.6 Å². The van der Waals surface area contributed by atoms with Gasteiger partial charge >= 0.3 is 0 Å². The fraction of sp³-hybridized carbons (Fsp3) is 0.227. The molecule has 3 aromatic rings. The van der Waals surface area contributed by atoms with Crippen LogP contribution in [-0.2, 0) is 0 Å². The molecule has 0 saturated carbocycles. The summed E-state index contributed by atoms with van der Waals surface area (Å²) in [5.74, 6) is 0.403. The van der Waals surface area contributed by atoms with Gasteiger partial charge in [0.1, 0.15) is 5.75 Å². The maximum atomic E-state index is 10.1. The quantitative estimate of drug-likeness (QED) is 0.749. The standard InChI is InChI=1S/C22H21NO2/c1-22(14-23,15-24)21(19-11-5-6-13-20(19)25-2)18-12-7-9-16-8-3-4-10-17(16)18/h3-13,21,24H,15H2,1-2H3. The minimum atomic E-state index is -0.973. The number of para-hydroxylation sites is 1. The Morgan fingerprint density at radius 2 is 1.64 bits per heavy atom. The first kappa shape index (κ1) is 17.0. The number of nitriles is 1. The molecule has 126 valence electrons. The molecular weight excluding hydrogens is 310 g/mol. The molecule has 2 unspecified atom stereocenters. The lowest BCUT2D eigenvalue weighted by Crippen LogP contribution is -2.29. The van der Waals surface area contributed by atoms with Crippen LogP contribution in [0.4, 0.5) is 0 Å². The predicted molar refractivity (Wildman–Crippen MR) is 99.6 cm³/mol. The van der Waals surface area contributed by atoms with Gasteiger partial charge in [0.25, 0.3) is 0 Å². The molecule has 0 saturated heterocycles. The number of ether oxygens (including phenoxy) is 1. The zero-order valence-electron chi connectivity index (χ0n) is 14.4. The van der Waals surface area contributed by atoms with Crippen LogP contribution in [0.15, 0.2) is 66.7 Å². The van der Waals surface area contributed by atoms with Crippen molar-refractivity contribution < 1.29 is 9.84 Å². The SMILES string of the molecule is COc1ccccc1C(c1cccc2ccccc12)C(C)(C#N)CO. The van der Waals surface area contributed by atoms with Crippen molar-refractivity contribution in [2.45, 2.75) is 12.8 Å². The molecule has 0 heterocycles. The van der Waals surface area contributed by atoms with Crippen LogP contribution in [0.3, 0.4) is 0 Å². The van der Waals surface area contributed by atoms with Gasteiger partial charge in [-0.15, -0.1) is 0 Å². The van der Waals surface area contributed by atoms with Crippen molar-refractivity contribution in [3.63, 3.8) is 0 Å². The Labute approximate surface area is 148 Å². The lowest BCUT2D eigenvalue weighted by molar-refractivity contribution is 0.174. The number of hydrogen-bond acceptors (Lipinski definition) is 3. The summed E-state index contributed by atoms with van der Waals surface area (Å²) in [6.07, 6.45) is 0. The molecule has 3 nitrogen and oxygen atoms in total. The highest BCUT2D eigenvalue weighted by molar-refractivity contribution is 5.87. The van der Waals surface area contributed by atoms with Gasteiger partial charge in [0, 0.05) is 11.5 Å². The number of fused-ring (bicyclic) bond motifs is 1. The highest BCUT2D eigenvalue weighted by atomic mass is 16.5. The van der Waals surface area contributed by atoms with Crippen molar-refractivity contribution >= 4 is 10.8 Å². The van der Waals surface area contributed by atoms with Gasteiger partial charge in [-0.05, 0) is 29.3 Å². The van der Waals surface area contributed by atoms with Crippen LogP contribution in [0.5, 0.6) is 5.75 Å². The molecule has 0 spiro atoms. The molecule has 0 aliphatic heterocycles. The molecular formula is C22H21NO2. The zero-order chi connectivity index (χ0) is 17.9. The minimum Gasteiger partial charge on any atom is -0.496 e. The van der Waals surface area contributed by atoms with Crippen molar-refractivity contribution in [1.29, 1.82) is 5.26 Å². The van der Waals surface area contributed by atoms with E-state index in [0.29, 0.717) is 0 Å². The fourth-order valence-corrected chi connectivity index (χ4v) is 3.45. The van der Waals surface area contributed by atoms with Crippen molar-refractivity contribution in [3.8, 4) is 11.8 Å². The first-order valence-corrected chi connectivity index (χ1v) is 8.27. The van der Waals surface area contributed by atoms with Gasteiger partial charge in [0.05, 0.1) is 25.2 Å². The Kier molecular flexibility index (Phi) is 4.74. The molecule has 3 heteroatoms. The van der Waals surface area contributed by atoms with E-state index in [1.165, 1.54) is 0 Å². The number of benzene rings is 3. The van der Waals surface area contributed by atoms with Crippen molar-refractivity contribution in [2.75, 3.05) is 13.7 Å². The van der Waals surface area contributed by atoms with Crippen molar-refractivity contribution in [3.05, 3.63) is 77.9 Å². The van der Waals surface area contributed by atoms with Crippen LogP contribution >= 0.6 is 0 Å². The van der Waals surface area contributed by atoms with Crippen LogP contribution in [0.1, 0.15) is 24.0 Å². The third-order valence-electron chi connectivity index (χ3n) is 4.81. The first-order valence-electron chi connectivity index (χ1n) is 8.27. The maximum absolute atomic E-state index is 10.1. The summed E-state index contributed by atoms with van der Waals surface area (Å²) in [5, 5.41) is 22.1. The third-order valence-corrected chi connectivity index (χ3v) is 4.81. The van der Waals surface area contributed by atoms with Gasteiger partial charge in [-0.25, -0.2) is 0 Å². The fourth-order valence-electron chi connectivity index (χ4n) is 3.45. The van der Waals surface area contributed by atoms with Crippen LogP contribution in [-0.4, -0.2) is 18.8 Å². The lowest BCUT2D eigenvalue weighted by Gasteiger charge is -2.32. The van der Waals surface area contributed by atoms with E-state index in [2.05, 4.69) is 24.3 Å². The Balaban J connectivity index is 2.34. The molecule has 1 N–H and O–H groups in total. The molecule has 0 bridgehead atoms. The molecule has 25 heavy (non-hydrogen) atoms. The second-order valence-electron chi connectivity index (χ2n) is 6.43. The molecule has 0 fully saturated rings. The Morgan fingerprint density at radius 3 is 2.36 bits per heavy atom. The summed E-state index contributed by atoms with van der Waals surface area (Å²) < 4.78 is 5.55. The number of aliphatic hydroxyl groups excluding tert-OH is 1. The van der Waals surface area contributed by atoms with Gasteiger partial charge in [0.15, 0.2) is 0 Å². The van der Waals surface area contributed by atoms with E-state index in [9.17, 15) is 10.4 Å². The monoisotopic (exact) mass is 331 g/mol. The molecule has 0 aromatic heterocycles. The normalized spacial score (nSPS) is 14.5. The van der Waals surface area contributed by atoms with E-state index >= 15 is 0 Å². The van der Waals surface area contributed by atoms with E-state index in [4.69, 9.17) is 4.74 Å². The predicted octanol–water partition coefficient (Wildman–Crippen LogP) is 4.50. The molecule has 3 aromatic carbocycles. The molecule has 0 aliphatic rings. The van der Waals surface area contributed by atoms with Gasteiger partial charge in [0.2, 0.25) is 0 Å². The van der Waals surface area contributed by atoms with Gasteiger partial charge in [-0.1, -0.05) is 60.7 Å². The Morgan fingerprint density at radius 1 is 1.00 bits per heavy atom. The number of hydrogen-bond donors (Lipinski definition) is 1. The number of rotatable bonds is 5. The largest absolute Gasteiger partial charge is 0.496 e. The Hall–Kier alpha value is -2.83. The van der Waals surface area contributed by atoms with Gasteiger partial charge in [-0.3, -0.25) is 0 Å². The molecule has 0 aliphatic carbocycles. The minimum absolute atomic E-state index is 0.241. The van der Waals surface area contributed by atoms with E-state index < -0.39 is 5.41 Å². The second-order valence-corrected chi connectivity index (χ2v) is 6.43. The van der Waals surface area contributed by atoms with Crippen molar-refractivity contribution in [2.24, 2.45) is 5.41 Å². The van der Waals surface area contributed by atoms with Crippen LogP contribution < -0.4 is 4.74 Å². The summed E-state index contributed by atoms with van der Waals surface area (Å²) in [6.45, 7) is 1.56. The average Bonchev–Trinajstić information content (AvgIpc) is 2.68. The van der Waals surface area contributed by atoms with Crippen LogP contribution in [0.2, 0.25) is 0 Å². The zero-order valence-corrected chi connectivity index (χ0v) is 14.4. The first-order chi connectivity index (χ1) is 12.1. The Bertz CT molecular complexity index is 923. The summed E-state index contributed by atoms with van der Waals surface area (Å²) in [7, 11) is 1.63. The second kappa shape index (κ2) is 6.96. The van der Waals surface area contributed by atoms with Crippen molar-refractivity contribution in [1.82, 2.24) is 0 Å². The summed E-state index contributed by atoms with van der Waals surface area (Å²) in [6, 6.07) is 24.2. The average molecular weight is 331 g/mol. The highest BCUT2D eigenvalue weighted by Crippen LogP contribution is 2.45. The lowest BCUT2D eigenvalue weighted by atomic mass is 9.70. The number of aliphatic hydroxyl groups is 1. The van der Waals surface area contributed by atoms with E-state index in [-0.39, 0.29) is 12.5 Å². The van der Waals surface area contributed by atoms with Crippen LogP contribution in [0.25, 0.3) is 10.8 Å². The van der Waals surface area contributed by atoms with E-state index in [1.54, 1.807) is 14.0 Å². The van der Waals surface area contributed by atoms with Gasteiger partial charge < -0.3 is 9.84 Å². The maximum Gasteiger partial charge on any atom is 0.122 e. The van der Waals surface area contributed by atoms with Crippen LogP contribution in [0, 0.1) is 16.7 Å². The molecule has 0 radical (unpaired) electrons. The smallest absolute Gasteiger partial charge is 0.122 e. The molecule has 2 atom stereocenters. The summed E-state index contributed by atoms with van der Waals surface area (Å²) in [4.78, 5) is 0. The molecule has 3 rings (SSSR count). The third kappa shape index (κ3) is 2.97. The number of methoxy groups -OCH3 is 1.